The minimum Gasteiger partial charge on any atom is -0.315 e. The Bertz CT molecular complexity index is 349. The number of aromatic nitrogens is 3. The highest BCUT2D eigenvalue weighted by Crippen LogP contribution is 2.11. The summed E-state index contributed by atoms with van der Waals surface area (Å²) in [5, 5.41) is 11.7. The molecule has 0 saturated heterocycles. The van der Waals surface area contributed by atoms with Crippen LogP contribution in [0.1, 0.15) is 38.9 Å². The monoisotopic (exact) mass is 251 g/mol. The number of fused-ring (bicyclic) bond motifs is 1. The minimum absolute atomic E-state index is 0.567. The zero-order valence-electron chi connectivity index (χ0n) is 11.6. The molecule has 1 aliphatic rings. The zero-order valence-corrected chi connectivity index (χ0v) is 11.6. The van der Waals surface area contributed by atoms with Gasteiger partial charge in [0, 0.05) is 25.7 Å². The lowest BCUT2D eigenvalue weighted by Crippen LogP contribution is -2.44. The van der Waals surface area contributed by atoms with Crippen LogP contribution in [0.25, 0.3) is 0 Å². The first kappa shape index (κ1) is 13.5. The molecule has 1 aromatic heterocycles. The lowest BCUT2D eigenvalue weighted by Gasteiger charge is -2.32. The van der Waals surface area contributed by atoms with E-state index in [4.69, 9.17) is 0 Å². The predicted octanol–water partition coefficient (Wildman–Crippen LogP) is 1.26. The first-order valence-corrected chi connectivity index (χ1v) is 7.12. The highest BCUT2D eigenvalue weighted by Gasteiger charge is 2.21. The molecule has 0 spiro atoms. The normalized spacial score (nSPS) is 17.7. The van der Waals surface area contributed by atoms with Gasteiger partial charge in [0.25, 0.3) is 0 Å². The van der Waals surface area contributed by atoms with E-state index in [0.717, 1.165) is 38.5 Å². The van der Waals surface area contributed by atoms with Crippen LogP contribution in [-0.4, -0.2) is 45.3 Å². The number of unbranched alkanes of at least 4 members (excludes halogenated alkanes) is 2. The fourth-order valence-corrected chi connectivity index (χ4v) is 2.40. The molecule has 0 amide bonds. The summed E-state index contributed by atoms with van der Waals surface area (Å²) in [6.45, 7) is 9.79. The van der Waals surface area contributed by atoms with Gasteiger partial charge in [0.05, 0.1) is 6.54 Å². The van der Waals surface area contributed by atoms with Gasteiger partial charge in [-0.2, -0.15) is 0 Å². The van der Waals surface area contributed by atoms with Crippen LogP contribution in [0.3, 0.4) is 0 Å². The third kappa shape index (κ3) is 3.53. The molecule has 1 aliphatic heterocycles. The molecule has 102 valence electrons. The summed E-state index contributed by atoms with van der Waals surface area (Å²) in [5.74, 6) is 1.10. The molecule has 2 rings (SSSR count). The number of hydrogen-bond acceptors (Lipinski definition) is 4. The number of nitrogens with one attached hydrogen (secondary N) is 1. The quantitative estimate of drug-likeness (QED) is 0.741. The van der Waals surface area contributed by atoms with Crippen LogP contribution in [0.4, 0.5) is 0 Å². The van der Waals surface area contributed by atoms with E-state index in [0.29, 0.717) is 6.04 Å². The van der Waals surface area contributed by atoms with E-state index in [9.17, 15) is 0 Å². The molecule has 0 bridgehead atoms. The van der Waals surface area contributed by atoms with Gasteiger partial charge in [0.15, 0.2) is 0 Å². The molecule has 1 N–H and O–H groups in total. The van der Waals surface area contributed by atoms with Crippen LogP contribution in [0.2, 0.25) is 0 Å². The Morgan fingerprint density at radius 2 is 2.28 bits per heavy atom. The molecule has 5 nitrogen and oxygen atoms in total. The Hall–Kier alpha value is -0.940. The third-order valence-electron chi connectivity index (χ3n) is 3.69. The molecule has 0 aromatic carbocycles. The maximum absolute atomic E-state index is 4.16. The first-order valence-electron chi connectivity index (χ1n) is 7.12. The van der Waals surface area contributed by atoms with E-state index >= 15 is 0 Å². The molecule has 18 heavy (non-hydrogen) atoms. The van der Waals surface area contributed by atoms with Gasteiger partial charge in [-0.05, 0) is 19.9 Å². The second kappa shape index (κ2) is 6.85. The van der Waals surface area contributed by atoms with Gasteiger partial charge in [-0.25, -0.2) is 0 Å². The minimum atomic E-state index is 0.567. The Morgan fingerprint density at radius 1 is 1.39 bits per heavy atom. The number of rotatable bonds is 7. The van der Waals surface area contributed by atoms with Crippen LogP contribution in [0.5, 0.6) is 0 Å². The van der Waals surface area contributed by atoms with Crippen molar-refractivity contribution in [1.29, 1.82) is 0 Å². The number of nitrogens with zero attached hydrogens (tertiary/aromatic N) is 4. The van der Waals surface area contributed by atoms with Crippen LogP contribution in [0.15, 0.2) is 6.33 Å². The van der Waals surface area contributed by atoms with Crippen molar-refractivity contribution in [3.8, 4) is 0 Å². The van der Waals surface area contributed by atoms with E-state index in [2.05, 4.69) is 38.8 Å². The van der Waals surface area contributed by atoms with Gasteiger partial charge in [0.1, 0.15) is 12.2 Å². The summed E-state index contributed by atoms with van der Waals surface area (Å²) in [4.78, 5) is 2.48. The van der Waals surface area contributed by atoms with Gasteiger partial charge in [-0.3, -0.25) is 4.90 Å². The summed E-state index contributed by atoms with van der Waals surface area (Å²) < 4.78 is 2.15. The van der Waals surface area contributed by atoms with E-state index in [1.54, 1.807) is 0 Å². The lowest BCUT2D eigenvalue weighted by molar-refractivity contribution is 0.160. The highest BCUT2D eigenvalue weighted by atomic mass is 15.3. The topological polar surface area (TPSA) is 46.0 Å². The van der Waals surface area contributed by atoms with Gasteiger partial charge >= 0.3 is 0 Å². The van der Waals surface area contributed by atoms with E-state index < -0.39 is 0 Å². The zero-order chi connectivity index (χ0) is 12.8. The summed E-state index contributed by atoms with van der Waals surface area (Å²) in [6.07, 6.45) is 5.74. The molecule has 1 unspecified atom stereocenters. The molecular formula is C13H25N5. The van der Waals surface area contributed by atoms with Crippen molar-refractivity contribution in [1.82, 2.24) is 25.0 Å². The largest absolute Gasteiger partial charge is 0.315 e. The van der Waals surface area contributed by atoms with Crippen LogP contribution in [-0.2, 0) is 13.1 Å². The second-order valence-corrected chi connectivity index (χ2v) is 5.17. The average Bonchev–Trinajstić information content (AvgIpc) is 2.85. The van der Waals surface area contributed by atoms with E-state index in [-0.39, 0.29) is 0 Å². The van der Waals surface area contributed by atoms with Crippen molar-refractivity contribution in [2.24, 2.45) is 0 Å². The maximum atomic E-state index is 4.16. The van der Waals surface area contributed by atoms with Gasteiger partial charge in [-0.15, -0.1) is 10.2 Å². The fourth-order valence-electron chi connectivity index (χ4n) is 2.40. The molecule has 1 atom stereocenters. The van der Waals surface area contributed by atoms with E-state index in [1.807, 2.05) is 6.33 Å². The Kier molecular flexibility index (Phi) is 5.13. The van der Waals surface area contributed by atoms with Crippen LogP contribution >= 0.6 is 0 Å². The fraction of sp³-hybridized carbons (Fsp3) is 0.846. The molecule has 1 aromatic rings. The molecule has 0 saturated carbocycles. The van der Waals surface area contributed by atoms with E-state index in [1.165, 1.54) is 19.3 Å². The highest BCUT2D eigenvalue weighted by molar-refractivity contribution is 4.91. The molecular weight excluding hydrogens is 226 g/mol. The van der Waals surface area contributed by atoms with Crippen LogP contribution < -0.4 is 5.32 Å². The molecule has 2 heterocycles. The molecule has 0 aliphatic carbocycles. The third-order valence-corrected chi connectivity index (χ3v) is 3.69. The first-order chi connectivity index (χ1) is 8.81. The lowest BCUT2D eigenvalue weighted by atomic mass is 10.2. The summed E-state index contributed by atoms with van der Waals surface area (Å²) in [6, 6.07) is 0.567. The second-order valence-electron chi connectivity index (χ2n) is 5.17. The average molecular weight is 251 g/mol. The maximum Gasteiger partial charge on any atom is 0.147 e. The Labute approximate surface area is 110 Å². The van der Waals surface area contributed by atoms with Gasteiger partial charge < -0.3 is 9.88 Å². The SMILES string of the molecule is CCCCCNCC(C)N1CCn2cnnc2C1. The summed E-state index contributed by atoms with van der Waals surface area (Å²) >= 11 is 0. The van der Waals surface area contributed by atoms with Crippen molar-refractivity contribution in [3.05, 3.63) is 12.2 Å². The Morgan fingerprint density at radius 3 is 3.11 bits per heavy atom. The van der Waals surface area contributed by atoms with Crippen molar-refractivity contribution >= 4 is 0 Å². The summed E-state index contributed by atoms with van der Waals surface area (Å²) in [5.41, 5.74) is 0. The van der Waals surface area contributed by atoms with Crippen molar-refractivity contribution in [3.63, 3.8) is 0 Å². The molecule has 0 radical (unpaired) electrons. The van der Waals surface area contributed by atoms with Crippen molar-refractivity contribution in [2.45, 2.75) is 52.2 Å². The van der Waals surface area contributed by atoms with Gasteiger partial charge in [-0.1, -0.05) is 19.8 Å². The summed E-state index contributed by atoms with van der Waals surface area (Å²) in [7, 11) is 0. The van der Waals surface area contributed by atoms with Gasteiger partial charge in [0.2, 0.25) is 0 Å². The smallest absolute Gasteiger partial charge is 0.147 e. The molecule has 5 heteroatoms. The predicted molar refractivity (Wildman–Crippen MR) is 72.3 cm³/mol. The van der Waals surface area contributed by atoms with Crippen LogP contribution in [0, 0.1) is 0 Å². The number of hydrogen-bond donors (Lipinski definition) is 1. The standard InChI is InChI=1S/C13H25N5/c1-3-4-5-6-14-9-12(2)17-7-8-18-11-15-16-13(18)10-17/h11-12,14H,3-10H2,1-2H3. The molecule has 0 fully saturated rings. The Balaban J connectivity index is 1.69. The van der Waals surface area contributed by atoms with Crippen molar-refractivity contribution in [2.75, 3.05) is 19.6 Å². The van der Waals surface area contributed by atoms with Crippen molar-refractivity contribution < 1.29 is 0 Å².